The second-order valence-electron chi connectivity index (χ2n) is 3.66. The quantitative estimate of drug-likeness (QED) is 0.898. The van der Waals surface area contributed by atoms with Crippen LogP contribution < -0.4 is 5.56 Å². The summed E-state index contributed by atoms with van der Waals surface area (Å²) in [5.41, 5.74) is 1.26. The first-order chi connectivity index (χ1) is 9.19. The number of nitrogens with zero attached hydrogens (tertiary/aromatic N) is 2. The van der Waals surface area contributed by atoms with Gasteiger partial charge in [0.1, 0.15) is 5.75 Å². The Morgan fingerprint density at radius 2 is 1.89 bits per heavy atom. The summed E-state index contributed by atoms with van der Waals surface area (Å²) < 4.78 is 11.0. The predicted molar refractivity (Wildman–Crippen MR) is 69.7 cm³/mol. The lowest BCUT2D eigenvalue weighted by atomic mass is 10.1. The highest BCUT2D eigenvalue weighted by Crippen LogP contribution is 2.06. The number of aromatic hydroxyl groups is 1. The van der Waals surface area contributed by atoms with Gasteiger partial charge < -0.3 is 9.67 Å². The number of hydrogen-bond donors (Lipinski definition) is 1. The summed E-state index contributed by atoms with van der Waals surface area (Å²) >= 11 is 0. The summed E-state index contributed by atoms with van der Waals surface area (Å²) in [6.07, 6.45) is 1.54. The first kappa shape index (κ1) is 14.5. The molecule has 0 amide bonds. The van der Waals surface area contributed by atoms with Crippen LogP contribution in [0.25, 0.3) is 0 Å². The Kier molecular flexibility index (Phi) is 5.30. The van der Waals surface area contributed by atoms with Gasteiger partial charge in [-0.1, -0.05) is 12.1 Å². The van der Waals surface area contributed by atoms with Crippen LogP contribution in [-0.2, 0) is 6.54 Å². The maximum atomic E-state index is 11.5. The predicted octanol–water partition coefficient (Wildman–Crippen LogP) is 2.06. The average Bonchev–Trinajstić information content (AvgIpc) is 2.45. The molecule has 19 heavy (non-hydrogen) atoms. The highest BCUT2D eigenvalue weighted by atomic mass is 19.1. The summed E-state index contributed by atoms with van der Waals surface area (Å²) in [5, 5.41) is 17.8. The fraction of sp³-hybridized carbons (Fsp3) is 0.143. The molecule has 5 heteroatoms. The van der Waals surface area contributed by atoms with Gasteiger partial charge in [0.15, 0.2) is 0 Å². The van der Waals surface area contributed by atoms with E-state index in [0.29, 0.717) is 19.3 Å². The van der Waals surface area contributed by atoms with E-state index in [1.165, 1.54) is 22.9 Å². The molecule has 0 unspecified atom stereocenters. The standard InChI is InChI=1S/C13H10N2O2.CH3F/c14-8-10-1-3-11(4-2-10)9-15-6-5-12(16)7-13(15)17;1-2/h1-7,16H,9H2;1H3. The number of rotatable bonds is 2. The molecule has 0 aliphatic carbocycles. The zero-order valence-corrected chi connectivity index (χ0v) is 10.4. The fourth-order valence-electron chi connectivity index (χ4n) is 1.51. The molecule has 4 nitrogen and oxygen atoms in total. The molecular weight excluding hydrogens is 247 g/mol. The maximum absolute atomic E-state index is 11.5. The Morgan fingerprint density at radius 1 is 1.26 bits per heavy atom. The van der Waals surface area contributed by atoms with Gasteiger partial charge in [-0.3, -0.25) is 9.18 Å². The van der Waals surface area contributed by atoms with Crippen LogP contribution in [0.4, 0.5) is 4.39 Å². The van der Waals surface area contributed by atoms with E-state index in [1.807, 2.05) is 6.07 Å². The van der Waals surface area contributed by atoms with Gasteiger partial charge >= 0.3 is 0 Å². The highest BCUT2D eigenvalue weighted by Gasteiger charge is 1.99. The van der Waals surface area contributed by atoms with Crippen LogP contribution in [0, 0.1) is 11.3 Å². The Labute approximate surface area is 110 Å². The molecule has 1 aromatic carbocycles. The molecule has 0 saturated heterocycles. The minimum absolute atomic E-state index is 0.0360. The van der Waals surface area contributed by atoms with Crippen LogP contribution in [0.3, 0.4) is 0 Å². The van der Waals surface area contributed by atoms with E-state index in [4.69, 9.17) is 10.4 Å². The molecule has 0 bridgehead atoms. The molecule has 98 valence electrons. The molecule has 0 aliphatic heterocycles. The van der Waals surface area contributed by atoms with E-state index in [1.54, 1.807) is 24.3 Å². The molecule has 2 aromatic rings. The van der Waals surface area contributed by atoms with E-state index < -0.39 is 0 Å². The van der Waals surface area contributed by atoms with Gasteiger partial charge in [0.2, 0.25) is 0 Å². The van der Waals surface area contributed by atoms with E-state index in [-0.39, 0.29) is 11.3 Å². The number of halogens is 1. The lowest BCUT2D eigenvalue weighted by Crippen LogP contribution is -2.18. The lowest BCUT2D eigenvalue weighted by Gasteiger charge is -2.05. The number of benzene rings is 1. The molecule has 1 N–H and O–H groups in total. The zero-order valence-electron chi connectivity index (χ0n) is 10.4. The molecule has 0 spiro atoms. The summed E-state index contributed by atoms with van der Waals surface area (Å²) in [6, 6.07) is 11.7. The summed E-state index contributed by atoms with van der Waals surface area (Å²) in [6.45, 7) is 0.421. The Balaban J connectivity index is 0.000000861. The Morgan fingerprint density at radius 3 is 2.42 bits per heavy atom. The van der Waals surface area contributed by atoms with Crippen LogP contribution >= 0.6 is 0 Å². The van der Waals surface area contributed by atoms with Crippen molar-refractivity contribution >= 4 is 0 Å². The largest absolute Gasteiger partial charge is 0.508 e. The molecule has 2 rings (SSSR count). The number of alkyl halides is 1. The van der Waals surface area contributed by atoms with Crippen molar-refractivity contribution in [1.29, 1.82) is 5.26 Å². The minimum atomic E-state index is -0.255. The van der Waals surface area contributed by atoms with Gasteiger partial charge in [0.05, 0.1) is 25.4 Å². The molecule has 0 saturated carbocycles. The van der Waals surface area contributed by atoms with Gasteiger partial charge in [-0.25, -0.2) is 0 Å². The van der Waals surface area contributed by atoms with Crippen LogP contribution in [0.1, 0.15) is 11.1 Å². The first-order valence-electron chi connectivity index (χ1n) is 5.45. The molecule has 0 aliphatic rings. The average molecular weight is 260 g/mol. The third-order valence-electron chi connectivity index (χ3n) is 2.42. The normalized spacial score (nSPS) is 9.11. The van der Waals surface area contributed by atoms with Gasteiger partial charge in [-0.05, 0) is 23.8 Å². The van der Waals surface area contributed by atoms with Gasteiger partial charge in [0.25, 0.3) is 5.56 Å². The topological polar surface area (TPSA) is 66.0 Å². The fourth-order valence-corrected chi connectivity index (χ4v) is 1.51. The Hall–Kier alpha value is -2.61. The second-order valence-corrected chi connectivity index (χ2v) is 3.66. The van der Waals surface area contributed by atoms with E-state index >= 15 is 0 Å². The molecule has 0 atom stereocenters. The third kappa shape index (κ3) is 3.96. The molecule has 0 radical (unpaired) electrons. The lowest BCUT2D eigenvalue weighted by molar-refractivity contribution is 0.471. The van der Waals surface area contributed by atoms with Crippen molar-refractivity contribution in [3.63, 3.8) is 0 Å². The number of nitriles is 1. The van der Waals surface area contributed by atoms with Crippen LogP contribution in [-0.4, -0.2) is 16.9 Å². The van der Waals surface area contributed by atoms with Crippen LogP contribution in [0.2, 0.25) is 0 Å². The van der Waals surface area contributed by atoms with Crippen molar-refractivity contribution in [2.45, 2.75) is 6.54 Å². The Bertz CT molecular complexity index is 627. The van der Waals surface area contributed by atoms with Crippen molar-refractivity contribution < 1.29 is 9.50 Å². The van der Waals surface area contributed by atoms with Gasteiger partial charge in [0, 0.05) is 12.3 Å². The summed E-state index contributed by atoms with van der Waals surface area (Å²) in [7, 11) is 0.500. The second kappa shape index (κ2) is 6.97. The zero-order chi connectivity index (χ0) is 14.3. The van der Waals surface area contributed by atoms with Gasteiger partial charge in [-0.15, -0.1) is 0 Å². The third-order valence-corrected chi connectivity index (χ3v) is 2.42. The van der Waals surface area contributed by atoms with Gasteiger partial charge in [-0.2, -0.15) is 5.26 Å². The summed E-state index contributed by atoms with van der Waals surface area (Å²) in [4.78, 5) is 11.5. The number of aromatic nitrogens is 1. The van der Waals surface area contributed by atoms with Crippen molar-refractivity contribution in [3.05, 3.63) is 64.1 Å². The smallest absolute Gasteiger partial charge is 0.254 e. The first-order valence-corrected chi connectivity index (χ1v) is 5.45. The van der Waals surface area contributed by atoms with Crippen LogP contribution in [0.5, 0.6) is 5.75 Å². The van der Waals surface area contributed by atoms with Crippen molar-refractivity contribution in [2.75, 3.05) is 7.18 Å². The number of hydrogen-bond acceptors (Lipinski definition) is 3. The highest BCUT2D eigenvalue weighted by molar-refractivity contribution is 5.31. The molecule has 1 aromatic heterocycles. The minimum Gasteiger partial charge on any atom is -0.508 e. The van der Waals surface area contributed by atoms with Crippen molar-refractivity contribution in [3.8, 4) is 11.8 Å². The SMILES string of the molecule is CF.N#Cc1ccc(Cn2ccc(O)cc2=O)cc1. The van der Waals surface area contributed by atoms with Crippen molar-refractivity contribution in [2.24, 2.45) is 0 Å². The van der Waals surface area contributed by atoms with E-state index in [0.717, 1.165) is 5.56 Å². The monoisotopic (exact) mass is 260 g/mol. The number of pyridine rings is 1. The maximum Gasteiger partial charge on any atom is 0.254 e. The van der Waals surface area contributed by atoms with Crippen LogP contribution in [0.15, 0.2) is 47.4 Å². The molecule has 1 heterocycles. The van der Waals surface area contributed by atoms with E-state index in [9.17, 15) is 9.18 Å². The van der Waals surface area contributed by atoms with Crippen molar-refractivity contribution in [1.82, 2.24) is 4.57 Å². The van der Waals surface area contributed by atoms with E-state index in [2.05, 4.69) is 0 Å². The molecule has 0 fully saturated rings. The summed E-state index contributed by atoms with van der Waals surface area (Å²) in [5.74, 6) is -0.0360. The molecular formula is C14H13FN2O2.